The Morgan fingerprint density at radius 1 is 0.923 bits per heavy atom. The quantitative estimate of drug-likeness (QED) is 0.350. The predicted octanol–water partition coefficient (Wildman–Crippen LogP) is 7.10. The van der Waals surface area contributed by atoms with Crippen molar-refractivity contribution >= 4 is 6.09 Å². The summed E-state index contributed by atoms with van der Waals surface area (Å²) in [7, 11) is 0. The molecular weight excluding hydrogens is 322 g/mol. The predicted molar refractivity (Wildman–Crippen MR) is 114 cm³/mol. The number of amides is 1. The fourth-order valence-electron chi connectivity index (χ4n) is 3.23. The van der Waals surface area contributed by atoms with Gasteiger partial charge in [0.15, 0.2) is 0 Å². The maximum absolute atomic E-state index is 11.9. The van der Waals surface area contributed by atoms with E-state index in [9.17, 15) is 4.79 Å². The molecule has 26 heavy (non-hydrogen) atoms. The second kappa shape index (κ2) is 13.7. The molecule has 3 heteroatoms. The van der Waals surface area contributed by atoms with Crippen LogP contribution in [-0.4, -0.2) is 18.7 Å². The molecule has 0 aromatic carbocycles. The molecule has 0 heterocycles. The van der Waals surface area contributed by atoms with Crippen molar-refractivity contribution in [3.05, 3.63) is 34.9 Å². The van der Waals surface area contributed by atoms with Gasteiger partial charge in [-0.3, -0.25) is 0 Å². The Bertz CT molecular complexity index is 497. The number of carbonyl (C=O) groups is 1. The van der Waals surface area contributed by atoms with Gasteiger partial charge in [0.25, 0.3) is 0 Å². The van der Waals surface area contributed by atoms with Gasteiger partial charge in [-0.15, -0.1) is 0 Å². The third-order valence-electron chi connectivity index (χ3n) is 4.95. The van der Waals surface area contributed by atoms with Crippen LogP contribution in [0.25, 0.3) is 0 Å². The monoisotopic (exact) mass is 363 g/mol. The van der Waals surface area contributed by atoms with Crippen molar-refractivity contribution in [1.82, 2.24) is 5.32 Å². The molecular formula is C23H41NO2. The van der Waals surface area contributed by atoms with Gasteiger partial charge in [-0.05, 0) is 72.3 Å². The van der Waals surface area contributed by atoms with Gasteiger partial charge in [-0.2, -0.15) is 0 Å². The molecule has 0 aromatic rings. The maximum atomic E-state index is 11.9. The highest BCUT2D eigenvalue weighted by atomic mass is 16.5. The van der Waals surface area contributed by atoms with E-state index in [2.05, 4.69) is 45.2 Å². The zero-order valence-corrected chi connectivity index (χ0v) is 17.4. The zero-order chi connectivity index (χ0) is 19.2. The number of allylic oxidation sites excluding steroid dienone is 5. The Balaban J connectivity index is 0.00000676. The summed E-state index contributed by atoms with van der Waals surface area (Å²) in [4.78, 5) is 11.9. The Hall–Kier alpha value is -1.51. The van der Waals surface area contributed by atoms with E-state index in [-0.39, 0.29) is 7.52 Å². The standard InChI is InChI=1S/C23H39NO2.H2/c1-19(2)11-9-12-20(3)13-10-14-21(4)17-18-26-23(25)24-22-15-7-5-6-8-16-22;/h11,13,17,22H,5-10,12,14-16,18H2,1-4H3,(H,24,25);1H/b20-13+,21-17+;. The molecule has 0 aromatic heterocycles. The molecule has 1 amide bonds. The van der Waals surface area contributed by atoms with Gasteiger partial charge < -0.3 is 10.1 Å². The Labute approximate surface area is 162 Å². The third-order valence-corrected chi connectivity index (χ3v) is 4.95. The van der Waals surface area contributed by atoms with Crippen molar-refractivity contribution in [3.8, 4) is 0 Å². The van der Waals surface area contributed by atoms with E-state index in [0.29, 0.717) is 12.6 Å². The summed E-state index contributed by atoms with van der Waals surface area (Å²) in [5.41, 5.74) is 4.12. The first-order valence-electron chi connectivity index (χ1n) is 10.3. The molecule has 1 rings (SSSR count). The Morgan fingerprint density at radius 2 is 1.50 bits per heavy atom. The first-order valence-corrected chi connectivity index (χ1v) is 10.3. The van der Waals surface area contributed by atoms with Crippen LogP contribution >= 0.6 is 0 Å². The molecule has 150 valence electrons. The average molecular weight is 364 g/mol. The second-order valence-corrected chi connectivity index (χ2v) is 7.89. The van der Waals surface area contributed by atoms with Gasteiger partial charge in [-0.25, -0.2) is 4.79 Å². The largest absolute Gasteiger partial charge is 0.445 e. The van der Waals surface area contributed by atoms with Gasteiger partial charge in [-0.1, -0.05) is 54.6 Å². The van der Waals surface area contributed by atoms with Crippen LogP contribution in [0.2, 0.25) is 0 Å². The first kappa shape index (κ1) is 22.5. The highest BCUT2D eigenvalue weighted by Crippen LogP contribution is 2.17. The van der Waals surface area contributed by atoms with Gasteiger partial charge in [0.1, 0.15) is 6.61 Å². The lowest BCUT2D eigenvalue weighted by Gasteiger charge is -2.15. The molecule has 0 unspecified atom stereocenters. The van der Waals surface area contributed by atoms with E-state index >= 15 is 0 Å². The van der Waals surface area contributed by atoms with E-state index in [1.807, 2.05) is 6.08 Å². The second-order valence-electron chi connectivity index (χ2n) is 7.89. The highest BCUT2D eigenvalue weighted by molar-refractivity contribution is 5.67. The molecule has 1 saturated carbocycles. The molecule has 0 atom stereocenters. The molecule has 1 aliphatic carbocycles. The highest BCUT2D eigenvalue weighted by Gasteiger charge is 2.14. The maximum Gasteiger partial charge on any atom is 0.407 e. The number of ether oxygens (including phenoxy) is 1. The molecule has 0 spiro atoms. The summed E-state index contributed by atoms with van der Waals surface area (Å²) in [6.45, 7) is 8.98. The summed E-state index contributed by atoms with van der Waals surface area (Å²) in [6, 6.07) is 0.300. The number of rotatable bonds is 9. The smallest absolute Gasteiger partial charge is 0.407 e. The summed E-state index contributed by atoms with van der Waals surface area (Å²) in [6.07, 6.45) is 17.9. The van der Waals surface area contributed by atoms with Crippen LogP contribution in [0.4, 0.5) is 4.79 Å². The minimum atomic E-state index is -0.268. The number of alkyl carbamates (subject to hydrolysis) is 1. The average Bonchev–Trinajstić information content (AvgIpc) is 2.83. The number of nitrogens with one attached hydrogen (secondary N) is 1. The summed E-state index contributed by atoms with van der Waals surface area (Å²) in [5, 5.41) is 3.01. The molecule has 1 fully saturated rings. The van der Waals surface area contributed by atoms with Crippen LogP contribution < -0.4 is 5.32 Å². The lowest BCUT2D eigenvalue weighted by molar-refractivity contribution is 0.152. The van der Waals surface area contributed by atoms with Crippen molar-refractivity contribution < 1.29 is 11.0 Å². The minimum Gasteiger partial charge on any atom is -0.445 e. The van der Waals surface area contributed by atoms with Gasteiger partial charge >= 0.3 is 6.09 Å². The van der Waals surface area contributed by atoms with Crippen LogP contribution in [0.5, 0.6) is 0 Å². The Morgan fingerprint density at radius 3 is 2.12 bits per heavy atom. The fraction of sp³-hybridized carbons (Fsp3) is 0.696. The normalized spacial score (nSPS) is 16.8. The van der Waals surface area contributed by atoms with Crippen molar-refractivity contribution in [2.45, 2.75) is 97.9 Å². The summed E-state index contributed by atoms with van der Waals surface area (Å²) in [5.74, 6) is 0. The molecule has 0 radical (unpaired) electrons. The summed E-state index contributed by atoms with van der Waals surface area (Å²) >= 11 is 0. The first-order chi connectivity index (χ1) is 12.5. The van der Waals surface area contributed by atoms with Crippen LogP contribution in [0, 0.1) is 0 Å². The van der Waals surface area contributed by atoms with Gasteiger partial charge in [0.2, 0.25) is 0 Å². The molecule has 1 N–H and O–H groups in total. The topological polar surface area (TPSA) is 38.3 Å². The number of hydrogen-bond donors (Lipinski definition) is 1. The lowest BCUT2D eigenvalue weighted by Crippen LogP contribution is -2.34. The third kappa shape index (κ3) is 11.9. The summed E-state index contributed by atoms with van der Waals surface area (Å²) < 4.78 is 5.31. The van der Waals surface area contributed by atoms with Crippen molar-refractivity contribution in [2.24, 2.45) is 0 Å². The SMILES string of the molecule is CC(C)=CCC/C(C)=C/CC/C(C)=C/COC(=O)NC1CCCCCC1.[HH]. The zero-order valence-electron chi connectivity index (χ0n) is 17.4. The van der Waals surface area contributed by atoms with Crippen LogP contribution in [0.1, 0.15) is 93.3 Å². The van der Waals surface area contributed by atoms with Crippen LogP contribution in [-0.2, 0) is 4.74 Å². The molecule has 0 aliphatic heterocycles. The van der Waals surface area contributed by atoms with Crippen LogP contribution in [0.3, 0.4) is 0 Å². The number of hydrogen-bond acceptors (Lipinski definition) is 2. The van der Waals surface area contributed by atoms with E-state index in [1.54, 1.807) is 0 Å². The van der Waals surface area contributed by atoms with Crippen molar-refractivity contribution in [1.29, 1.82) is 0 Å². The van der Waals surface area contributed by atoms with E-state index in [4.69, 9.17) is 4.74 Å². The van der Waals surface area contributed by atoms with E-state index in [1.165, 1.54) is 42.4 Å². The fourth-order valence-corrected chi connectivity index (χ4v) is 3.23. The van der Waals surface area contributed by atoms with E-state index < -0.39 is 0 Å². The van der Waals surface area contributed by atoms with Gasteiger partial charge in [0, 0.05) is 7.47 Å². The lowest BCUT2D eigenvalue weighted by atomic mass is 10.1. The minimum absolute atomic E-state index is 0. The molecule has 0 saturated heterocycles. The van der Waals surface area contributed by atoms with Crippen LogP contribution in [0.15, 0.2) is 34.9 Å². The van der Waals surface area contributed by atoms with Crippen molar-refractivity contribution in [3.63, 3.8) is 0 Å². The van der Waals surface area contributed by atoms with Gasteiger partial charge in [0.05, 0.1) is 0 Å². The number of carbonyl (C=O) groups excluding carboxylic acids is 1. The molecule has 0 bridgehead atoms. The Kier molecular flexibility index (Phi) is 11.8. The molecule has 3 nitrogen and oxygen atoms in total. The molecule has 1 aliphatic rings. The van der Waals surface area contributed by atoms with Crippen molar-refractivity contribution in [2.75, 3.05) is 6.61 Å². The van der Waals surface area contributed by atoms with E-state index in [0.717, 1.165) is 38.5 Å².